The molecule has 0 unspecified atom stereocenters. The molecule has 1 aromatic heterocycles. The summed E-state index contributed by atoms with van der Waals surface area (Å²) >= 11 is 0. The third kappa shape index (κ3) is 4.22. The van der Waals surface area contributed by atoms with Crippen LogP contribution in [0.2, 0.25) is 0 Å². The molecule has 2 aliphatic rings. The van der Waals surface area contributed by atoms with Gasteiger partial charge in [0, 0.05) is 47.4 Å². The van der Waals surface area contributed by atoms with Crippen molar-refractivity contribution >= 4 is 0 Å². The molecule has 3 heterocycles. The minimum atomic E-state index is -1.13. The Labute approximate surface area is 193 Å². The zero-order valence-electron chi connectivity index (χ0n) is 20.2. The van der Waals surface area contributed by atoms with Gasteiger partial charge in [0.2, 0.25) is 0 Å². The molecule has 4 heteroatoms. The molecule has 2 aromatic rings. The van der Waals surface area contributed by atoms with Crippen molar-refractivity contribution in [2.24, 2.45) is 10.8 Å². The largest absolute Gasteiger partial charge is 0.380 e. The summed E-state index contributed by atoms with van der Waals surface area (Å²) in [5, 5.41) is 15.8. The molecule has 0 radical (unpaired) electrons. The number of hydrogen-bond acceptors (Lipinski definition) is 4. The second-order valence-electron chi connectivity index (χ2n) is 10.7. The molecule has 2 saturated heterocycles. The van der Waals surface area contributed by atoms with E-state index in [0.717, 1.165) is 55.7 Å². The first-order valence-electron chi connectivity index (χ1n) is 11.9. The van der Waals surface area contributed by atoms with E-state index >= 15 is 0 Å². The first-order chi connectivity index (χ1) is 15.2. The molecule has 1 aromatic carbocycles. The summed E-state index contributed by atoms with van der Waals surface area (Å²) in [7, 11) is 2.10. The van der Waals surface area contributed by atoms with Gasteiger partial charge in [0.05, 0.1) is 0 Å². The van der Waals surface area contributed by atoms with Gasteiger partial charge in [0.15, 0.2) is 0 Å². The van der Waals surface area contributed by atoms with Gasteiger partial charge >= 0.3 is 0 Å². The highest BCUT2D eigenvalue weighted by atomic mass is 16.3. The summed E-state index contributed by atoms with van der Waals surface area (Å²) in [4.78, 5) is 6.76. The number of likely N-dealkylation sites (tertiary alicyclic amines) is 1. The first kappa shape index (κ1) is 23.0. The van der Waals surface area contributed by atoms with Gasteiger partial charge in [-0.2, -0.15) is 0 Å². The Bertz CT molecular complexity index is 1000. The maximum atomic E-state index is 12.3. The van der Waals surface area contributed by atoms with E-state index in [2.05, 4.69) is 86.0 Å². The minimum Gasteiger partial charge on any atom is -0.380 e. The summed E-state index contributed by atoms with van der Waals surface area (Å²) in [6.45, 7) is 12.5. The minimum absolute atomic E-state index is 0.0346. The van der Waals surface area contributed by atoms with Crippen LogP contribution < -0.4 is 5.32 Å². The van der Waals surface area contributed by atoms with Crippen LogP contribution in [0.1, 0.15) is 68.7 Å². The van der Waals surface area contributed by atoms with Crippen LogP contribution in [-0.2, 0) is 5.60 Å². The predicted molar refractivity (Wildman–Crippen MR) is 130 cm³/mol. The Morgan fingerprint density at radius 1 is 1.06 bits per heavy atom. The molecule has 2 aliphatic heterocycles. The quantitative estimate of drug-likeness (QED) is 0.715. The maximum Gasteiger partial charge on any atom is 0.124 e. The highest BCUT2D eigenvalue weighted by Gasteiger charge is 2.55. The van der Waals surface area contributed by atoms with E-state index < -0.39 is 5.60 Å². The van der Waals surface area contributed by atoms with Crippen LogP contribution in [-0.4, -0.2) is 48.2 Å². The summed E-state index contributed by atoms with van der Waals surface area (Å²) in [5.41, 5.74) is 2.51. The van der Waals surface area contributed by atoms with E-state index in [-0.39, 0.29) is 10.8 Å². The van der Waals surface area contributed by atoms with Gasteiger partial charge in [-0.25, -0.2) is 0 Å². The zero-order chi connectivity index (χ0) is 23.0. The van der Waals surface area contributed by atoms with Gasteiger partial charge in [-0.05, 0) is 63.0 Å². The molecule has 0 bridgehead atoms. The molecule has 0 amide bonds. The molecule has 0 saturated carbocycles. The fourth-order valence-corrected chi connectivity index (χ4v) is 5.38. The third-order valence-electron chi connectivity index (χ3n) is 7.48. The smallest absolute Gasteiger partial charge is 0.124 e. The van der Waals surface area contributed by atoms with Crippen LogP contribution in [0.4, 0.5) is 0 Å². The SMILES string of the molecule is CC(C)c1ccc([C@](O)(c2cncc(C#CC3(C)CCNCC3)c2)C2(C)CN(C)C2)cc1. The number of hydrogen-bond donors (Lipinski definition) is 2. The van der Waals surface area contributed by atoms with Gasteiger partial charge in [0.1, 0.15) is 5.60 Å². The molecule has 0 aliphatic carbocycles. The van der Waals surface area contributed by atoms with Crippen molar-refractivity contribution < 1.29 is 5.11 Å². The number of benzene rings is 1. The van der Waals surface area contributed by atoms with Crippen molar-refractivity contribution in [3.05, 3.63) is 65.0 Å². The number of piperidine rings is 1. The predicted octanol–water partition coefficient (Wildman–Crippen LogP) is 4.13. The molecule has 2 N–H and O–H groups in total. The van der Waals surface area contributed by atoms with E-state index in [1.165, 1.54) is 5.56 Å². The Morgan fingerprint density at radius 2 is 1.72 bits per heavy atom. The lowest BCUT2D eigenvalue weighted by Crippen LogP contribution is -2.63. The van der Waals surface area contributed by atoms with Gasteiger partial charge < -0.3 is 15.3 Å². The maximum absolute atomic E-state index is 12.3. The normalized spacial score (nSPS) is 21.8. The van der Waals surface area contributed by atoms with E-state index in [4.69, 9.17) is 0 Å². The Hall–Kier alpha value is -2.19. The Kier molecular flexibility index (Phi) is 6.20. The standard InChI is InChI=1S/C28H37N3O/c1-21(2)23-6-8-24(9-7-23)28(32,27(4)19-31(5)20-27)25-16-22(17-30-18-25)10-11-26(3)12-14-29-15-13-26/h6-9,16-18,21,29,32H,12-15,19-20H2,1-5H3/t28-/m0/s1. The highest BCUT2D eigenvalue weighted by molar-refractivity contribution is 5.45. The van der Waals surface area contributed by atoms with Crippen molar-refractivity contribution in [1.82, 2.24) is 15.2 Å². The average Bonchev–Trinajstić information content (AvgIpc) is 2.77. The topological polar surface area (TPSA) is 48.4 Å². The molecular weight excluding hydrogens is 394 g/mol. The van der Waals surface area contributed by atoms with Gasteiger partial charge in [-0.1, -0.05) is 56.9 Å². The van der Waals surface area contributed by atoms with E-state index in [0.29, 0.717) is 5.92 Å². The molecule has 4 nitrogen and oxygen atoms in total. The molecule has 4 rings (SSSR count). The number of aromatic nitrogens is 1. The Balaban J connectivity index is 1.73. The number of nitrogens with zero attached hydrogens (tertiary/aromatic N) is 2. The number of nitrogens with one attached hydrogen (secondary N) is 1. The first-order valence-corrected chi connectivity index (χ1v) is 11.9. The van der Waals surface area contributed by atoms with Crippen molar-refractivity contribution in [3.8, 4) is 11.8 Å². The summed E-state index contributed by atoms with van der Waals surface area (Å²) in [5.74, 6) is 7.34. The summed E-state index contributed by atoms with van der Waals surface area (Å²) in [6.07, 6.45) is 5.75. The highest BCUT2D eigenvalue weighted by Crippen LogP contribution is 2.50. The number of pyridine rings is 1. The zero-order valence-corrected chi connectivity index (χ0v) is 20.2. The van der Waals surface area contributed by atoms with E-state index in [9.17, 15) is 5.11 Å². The molecular formula is C28H37N3O. The lowest BCUT2D eigenvalue weighted by atomic mass is 9.62. The molecule has 0 spiro atoms. The summed E-state index contributed by atoms with van der Waals surface area (Å²) < 4.78 is 0. The van der Waals surface area contributed by atoms with Crippen LogP contribution in [0.5, 0.6) is 0 Å². The van der Waals surface area contributed by atoms with Crippen LogP contribution in [0, 0.1) is 22.7 Å². The van der Waals surface area contributed by atoms with E-state index in [1.807, 2.05) is 18.5 Å². The van der Waals surface area contributed by atoms with Crippen molar-refractivity contribution in [2.75, 3.05) is 33.2 Å². The average molecular weight is 432 g/mol. The van der Waals surface area contributed by atoms with Gasteiger partial charge in [0.25, 0.3) is 0 Å². The van der Waals surface area contributed by atoms with Crippen molar-refractivity contribution in [3.63, 3.8) is 0 Å². The lowest BCUT2D eigenvalue weighted by Gasteiger charge is -2.55. The van der Waals surface area contributed by atoms with Crippen LogP contribution in [0.15, 0.2) is 42.7 Å². The second kappa shape index (κ2) is 8.63. The molecule has 2 fully saturated rings. The fraction of sp³-hybridized carbons (Fsp3) is 0.536. The fourth-order valence-electron chi connectivity index (χ4n) is 5.38. The summed E-state index contributed by atoms with van der Waals surface area (Å²) in [6, 6.07) is 10.5. The van der Waals surface area contributed by atoms with E-state index in [1.54, 1.807) is 0 Å². The lowest BCUT2D eigenvalue weighted by molar-refractivity contribution is -0.127. The van der Waals surface area contributed by atoms with Gasteiger partial charge in [-0.3, -0.25) is 4.98 Å². The number of aliphatic hydroxyl groups is 1. The second-order valence-corrected chi connectivity index (χ2v) is 10.7. The van der Waals surface area contributed by atoms with Crippen LogP contribution in [0.3, 0.4) is 0 Å². The number of rotatable bonds is 4. The molecule has 170 valence electrons. The van der Waals surface area contributed by atoms with Crippen molar-refractivity contribution in [1.29, 1.82) is 0 Å². The monoisotopic (exact) mass is 431 g/mol. The molecule has 1 atom stereocenters. The van der Waals surface area contributed by atoms with Crippen molar-refractivity contribution in [2.45, 2.75) is 52.1 Å². The molecule has 32 heavy (non-hydrogen) atoms. The van der Waals surface area contributed by atoms with Gasteiger partial charge in [-0.15, -0.1) is 0 Å². The van der Waals surface area contributed by atoms with Crippen LogP contribution in [0.25, 0.3) is 0 Å². The van der Waals surface area contributed by atoms with Crippen LogP contribution >= 0.6 is 0 Å². The Morgan fingerprint density at radius 3 is 2.31 bits per heavy atom. The third-order valence-corrected chi connectivity index (χ3v) is 7.48.